The summed E-state index contributed by atoms with van der Waals surface area (Å²) in [6.45, 7) is 0. The van der Waals surface area contributed by atoms with Crippen LogP contribution >= 0.6 is 23.7 Å². The number of hydrogen-bond donors (Lipinski definition) is 1. The van der Waals surface area contributed by atoms with Crippen LogP contribution in [0.1, 0.15) is 17.2 Å². The molecule has 0 aliphatic carbocycles. The van der Waals surface area contributed by atoms with Crippen LogP contribution in [0.4, 0.5) is 0 Å². The van der Waals surface area contributed by atoms with Crippen molar-refractivity contribution in [1.82, 2.24) is 4.98 Å². The molecular formula is C11H13ClN2OS. The second-order valence-corrected chi connectivity index (χ2v) is 3.95. The lowest BCUT2D eigenvalue weighted by atomic mass is 10.0. The summed E-state index contributed by atoms with van der Waals surface area (Å²) in [7, 11) is 1.60. The maximum Gasteiger partial charge on any atom is 0.212 e. The molecule has 86 valence electrons. The monoisotopic (exact) mass is 256 g/mol. The lowest BCUT2D eigenvalue weighted by Gasteiger charge is -2.10. The maximum atomic E-state index is 6.08. The molecule has 0 aliphatic heterocycles. The fraction of sp³-hybridized carbons (Fsp3) is 0.182. The molecule has 0 saturated heterocycles. The number of rotatable bonds is 3. The molecular weight excluding hydrogens is 244 g/mol. The lowest BCUT2D eigenvalue weighted by molar-refractivity contribution is 0.397. The Morgan fingerprint density at radius 2 is 2.12 bits per heavy atom. The van der Waals surface area contributed by atoms with Gasteiger partial charge in [0.2, 0.25) is 5.88 Å². The van der Waals surface area contributed by atoms with Crippen molar-refractivity contribution in [2.75, 3.05) is 7.11 Å². The van der Waals surface area contributed by atoms with Gasteiger partial charge in [-0.3, -0.25) is 0 Å². The number of pyridine rings is 1. The van der Waals surface area contributed by atoms with Gasteiger partial charge < -0.3 is 10.5 Å². The molecule has 0 fully saturated rings. The highest BCUT2D eigenvalue weighted by atomic mass is 35.5. The topological polar surface area (TPSA) is 48.1 Å². The summed E-state index contributed by atoms with van der Waals surface area (Å²) in [4.78, 5) is 4.13. The van der Waals surface area contributed by atoms with Crippen molar-refractivity contribution in [3.63, 3.8) is 0 Å². The molecule has 0 bridgehead atoms. The summed E-state index contributed by atoms with van der Waals surface area (Å²) in [5, 5.41) is 4.07. The zero-order valence-electron chi connectivity index (χ0n) is 8.79. The average molecular weight is 257 g/mol. The fourth-order valence-electron chi connectivity index (χ4n) is 1.34. The van der Waals surface area contributed by atoms with Gasteiger partial charge in [0.25, 0.3) is 0 Å². The molecule has 3 nitrogen and oxygen atoms in total. The molecule has 2 heterocycles. The van der Waals surface area contributed by atoms with E-state index >= 15 is 0 Å². The Balaban J connectivity index is 0.00000128. The smallest absolute Gasteiger partial charge is 0.212 e. The number of aromatic nitrogens is 1. The Kier molecular flexibility index (Phi) is 4.73. The van der Waals surface area contributed by atoms with Crippen molar-refractivity contribution in [2.45, 2.75) is 6.04 Å². The van der Waals surface area contributed by atoms with Crippen molar-refractivity contribution in [3.8, 4) is 5.88 Å². The van der Waals surface area contributed by atoms with Gasteiger partial charge in [0.05, 0.1) is 13.2 Å². The summed E-state index contributed by atoms with van der Waals surface area (Å²) in [6.07, 6.45) is 1.75. The van der Waals surface area contributed by atoms with E-state index < -0.39 is 0 Å². The Hall–Kier alpha value is -1.10. The zero-order valence-corrected chi connectivity index (χ0v) is 10.4. The fourth-order valence-corrected chi connectivity index (χ4v) is 2.04. The molecule has 0 radical (unpaired) electrons. The number of hydrogen-bond acceptors (Lipinski definition) is 4. The van der Waals surface area contributed by atoms with Crippen LogP contribution < -0.4 is 10.5 Å². The molecule has 2 aromatic heterocycles. The molecule has 0 aromatic carbocycles. The number of ether oxygens (including phenoxy) is 1. The van der Waals surface area contributed by atoms with Gasteiger partial charge >= 0.3 is 0 Å². The molecule has 0 spiro atoms. The van der Waals surface area contributed by atoms with Gasteiger partial charge in [0, 0.05) is 12.3 Å². The predicted octanol–water partition coefficient (Wildman–Crippen LogP) is 2.62. The minimum Gasteiger partial charge on any atom is -0.481 e. The Morgan fingerprint density at radius 1 is 1.31 bits per heavy atom. The first-order chi connectivity index (χ1) is 7.31. The highest BCUT2D eigenvalue weighted by Crippen LogP contribution is 2.21. The summed E-state index contributed by atoms with van der Waals surface area (Å²) in [5.74, 6) is 0.608. The van der Waals surface area contributed by atoms with Crippen molar-refractivity contribution >= 4 is 23.7 Å². The van der Waals surface area contributed by atoms with E-state index in [-0.39, 0.29) is 18.4 Å². The Bertz CT molecular complexity index is 416. The molecule has 16 heavy (non-hydrogen) atoms. The first-order valence-corrected chi connectivity index (χ1v) is 5.53. The third-order valence-electron chi connectivity index (χ3n) is 2.23. The third-order valence-corrected chi connectivity index (χ3v) is 2.93. The summed E-state index contributed by atoms with van der Waals surface area (Å²) in [5.41, 5.74) is 8.19. The first-order valence-electron chi connectivity index (χ1n) is 4.59. The third kappa shape index (κ3) is 2.72. The van der Waals surface area contributed by atoms with Crippen LogP contribution in [-0.4, -0.2) is 12.1 Å². The molecule has 0 unspecified atom stereocenters. The van der Waals surface area contributed by atoms with Gasteiger partial charge in [0.15, 0.2) is 0 Å². The van der Waals surface area contributed by atoms with Crippen LogP contribution in [0.25, 0.3) is 0 Å². The van der Waals surface area contributed by atoms with Gasteiger partial charge in [-0.15, -0.1) is 12.4 Å². The van der Waals surface area contributed by atoms with E-state index in [2.05, 4.69) is 10.4 Å². The highest BCUT2D eigenvalue weighted by Gasteiger charge is 2.09. The van der Waals surface area contributed by atoms with Gasteiger partial charge in [-0.1, -0.05) is 6.07 Å². The molecule has 0 amide bonds. The van der Waals surface area contributed by atoms with Crippen molar-refractivity contribution in [3.05, 3.63) is 46.3 Å². The second-order valence-electron chi connectivity index (χ2n) is 3.17. The van der Waals surface area contributed by atoms with E-state index in [0.717, 1.165) is 11.1 Å². The maximum absolute atomic E-state index is 6.08. The predicted molar refractivity (Wildman–Crippen MR) is 68.4 cm³/mol. The van der Waals surface area contributed by atoms with E-state index in [1.54, 1.807) is 24.6 Å². The van der Waals surface area contributed by atoms with Crippen molar-refractivity contribution in [1.29, 1.82) is 0 Å². The average Bonchev–Trinajstić information content (AvgIpc) is 2.82. The van der Waals surface area contributed by atoms with Gasteiger partial charge in [-0.05, 0) is 28.0 Å². The van der Waals surface area contributed by atoms with E-state index in [0.29, 0.717) is 5.88 Å². The highest BCUT2D eigenvalue weighted by molar-refractivity contribution is 7.08. The number of thiophene rings is 1. The van der Waals surface area contributed by atoms with E-state index in [9.17, 15) is 0 Å². The standard InChI is InChI=1S/C11H12N2OS.ClH/c1-14-10-3-2-8(6-13-10)11(12)9-4-5-15-7-9;/h2-7,11H,12H2,1H3;1H/t11-;/m1./s1. The van der Waals surface area contributed by atoms with E-state index in [4.69, 9.17) is 10.5 Å². The van der Waals surface area contributed by atoms with Crippen LogP contribution in [0.15, 0.2) is 35.2 Å². The number of nitrogens with two attached hydrogens (primary N) is 1. The van der Waals surface area contributed by atoms with E-state index in [1.807, 2.05) is 23.6 Å². The van der Waals surface area contributed by atoms with Crippen molar-refractivity contribution in [2.24, 2.45) is 5.73 Å². The van der Waals surface area contributed by atoms with Crippen LogP contribution in [0.5, 0.6) is 5.88 Å². The Morgan fingerprint density at radius 3 is 2.62 bits per heavy atom. The molecule has 1 atom stereocenters. The first kappa shape index (κ1) is 13.0. The van der Waals surface area contributed by atoms with Crippen molar-refractivity contribution < 1.29 is 4.74 Å². The number of methoxy groups -OCH3 is 1. The van der Waals surface area contributed by atoms with Crippen LogP contribution in [0, 0.1) is 0 Å². The summed E-state index contributed by atoms with van der Waals surface area (Å²) < 4.78 is 4.99. The van der Waals surface area contributed by atoms with Crippen LogP contribution in [0.3, 0.4) is 0 Å². The molecule has 2 rings (SSSR count). The second kappa shape index (κ2) is 5.84. The summed E-state index contributed by atoms with van der Waals surface area (Å²) in [6, 6.07) is 5.68. The molecule has 0 saturated carbocycles. The van der Waals surface area contributed by atoms with E-state index in [1.165, 1.54) is 0 Å². The zero-order chi connectivity index (χ0) is 10.7. The van der Waals surface area contributed by atoms with Crippen LogP contribution in [0.2, 0.25) is 0 Å². The lowest BCUT2D eigenvalue weighted by Crippen LogP contribution is -2.11. The van der Waals surface area contributed by atoms with Crippen LogP contribution in [-0.2, 0) is 0 Å². The number of nitrogens with zero attached hydrogens (tertiary/aromatic N) is 1. The minimum atomic E-state index is -0.102. The Labute approximate surface area is 105 Å². The minimum absolute atomic E-state index is 0. The molecule has 2 N–H and O–H groups in total. The molecule has 5 heteroatoms. The quantitative estimate of drug-likeness (QED) is 0.918. The normalized spacial score (nSPS) is 11.6. The summed E-state index contributed by atoms with van der Waals surface area (Å²) >= 11 is 1.65. The largest absolute Gasteiger partial charge is 0.481 e. The van der Waals surface area contributed by atoms with Gasteiger partial charge in [0.1, 0.15) is 0 Å². The molecule has 2 aromatic rings. The van der Waals surface area contributed by atoms with Gasteiger partial charge in [-0.25, -0.2) is 4.98 Å². The van der Waals surface area contributed by atoms with Gasteiger partial charge in [-0.2, -0.15) is 11.3 Å². The number of halogens is 1. The molecule has 0 aliphatic rings. The SMILES string of the molecule is COc1ccc([C@@H](N)c2ccsc2)cn1.Cl.